The number of esters is 1. The molecule has 2 heterocycles. The zero-order valence-electron chi connectivity index (χ0n) is 21.8. The highest BCUT2D eigenvalue weighted by Gasteiger charge is 2.33. The Bertz CT molecular complexity index is 1740. The number of allylic oxidation sites excluding steroid dienone is 1. The van der Waals surface area contributed by atoms with Crippen molar-refractivity contribution in [1.82, 2.24) is 4.57 Å². The van der Waals surface area contributed by atoms with E-state index < -0.39 is 12.0 Å². The molecule has 1 aromatic heterocycles. The number of ether oxygens (including phenoxy) is 2. The number of thiazole rings is 1. The van der Waals surface area contributed by atoms with Crippen molar-refractivity contribution in [2.24, 2.45) is 4.99 Å². The van der Waals surface area contributed by atoms with Crippen molar-refractivity contribution in [1.29, 1.82) is 0 Å². The third kappa shape index (κ3) is 5.60. The number of hydrogen-bond donors (Lipinski definition) is 0. The fourth-order valence-electron chi connectivity index (χ4n) is 4.47. The largest absolute Gasteiger partial charge is 0.488 e. The number of aromatic nitrogens is 1. The lowest BCUT2D eigenvalue weighted by Gasteiger charge is -2.24. The molecule has 0 radical (unpaired) electrons. The zero-order chi connectivity index (χ0) is 27.5. The van der Waals surface area contributed by atoms with Crippen molar-refractivity contribution in [2.75, 3.05) is 6.61 Å². The Balaban J connectivity index is 1.59. The van der Waals surface area contributed by atoms with Gasteiger partial charge in [0.2, 0.25) is 0 Å². The lowest BCUT2D eigenvalue weighted by molar-refractivity contribution is -0.139. The van der Waals surface area contributed by atoms with Crippen LogP contribution >= 0.6 is 22.9 Å². The molecule has 0 spiro atoms. The van der Waals surface area contributed by atoms with Crippen LogP contribution < -0.4 is 19.6 Å². The monoisotopic (exact) mass is 558 g/mol. The molecule has 1 aliphatic heterocycles. The smallest absolute Gasteiger partial charge is 0.338 e. The second-order valence-electron chi connectivity index (χ2n) is 9.17. The van der Waals surface area contributed by atoms with E-state index in [1.54, 1.807) is 18.4 Å². The van der Waals surface area contributed by atoms with Crippen LogP contribution in [-0.2, 0) is 16.1 Å². The van der Waals surface area contributed by atoms with Gasteiger partial charge in [-0.15, -0.1) is 0 Å². The number of carbonyl (C=O) groups is 1. The molecule has 0 unspecified atom stereocenters. The molecule has 0 N–H and O–H groups in total. The first kappa shape index (κ1) is 26.7. The molecule has 0 bridgehead atoms. The highest BCUT2D eigenvalue weighted by atomic mass is 35.5. The van der Waals surface area contributed by atoms with Gasteiger partial charge >= 0.3 is 5.97 Å². The van der Waals surface area contributed by atoms with Gasteiger partial charge in [0.25, 0.3) is 5.56 Å². The molecule has 6 nitrogen and oxygen atoms in total. The van der Waals surface area contributed by atoms with Gasteiger partial charge in [-0.2, -0.15) is 0 Å². The average Bonchev–Trinajstić information content (AvgIpc) is 3.23. The summed E-state index contributed by atoms with van der Waals surface area (Å²) in [7, 11) is 0. The molecule has 0 fully saturated rings. The number of fused-ring (bicyclic) bond motifs is 1. The summed E-state index contributed by atoms with van der Waals surface area (Å²) in [5.41, 5.74) is 4.33. The summed E-state index contributed by atoms with van der Waals surface area (Å²) in [5.74, 6) is 0.177. The molecule has 1 aliphatic rings. The maximum Gasteiger partial charge on any atom is 0.338 e. The van der Waals surface area contributed by atoms with E-state index in [0.29, 0.717) is 38.0 Å². The molecule has 4 aromatic rings. The molecule has 39 heavy (non-hydrogen) atoms. The van der Waals surface area contributed by atoms with Crippen molar-refractivity contribution in [3.63, 3.8) is 0 Å². The predicted octanol–water partition coefficient (Wildman–Crippen LogP) is 5.34. The predicted molar refractivity (Wildman–Crippen MR) is 154 cm³/mol. The second kappa shape index (κ2) is 11.4. The van der Waals surface area contributed by atoms with Crippen LogP contribution in [0.2, 0.25) is 5.02 Å². The van der Waals surface area contributed by atoms with Gasteiger partial charge in [0.05, 0.1) is 28.5 Å². The van der Waals surface area contributed by atoms with Crippen LogP contribution in [0.1, 0.15) is 42.1 Å². The standard InChI is InChI=1S/C31H27ClN2O4S/c1-4-37-30(36)27-20(3)33-31-34(28(27)22-13-9-19(2)10-14-22)29(35)26(39-31)17-23-7-5-6-8-25(23)38-18-21-11-15-24(32)16-12-21/h5-17,28H,4,18H2,1-3H3/b26-17-/t28-/m0/s1. The third-order valence-corrected chi connectivity index (χ3v) is 7.66. The van der Waals surface area contributed by atoms with Crippen molar-refractivity contribution >= 4 is 35.0 Å². The van der Waals surface area contributed by atoms with Gasteiger partial charge < -0.3 is 9.47 Å². The first-order valence-corrected chi connectivity index (χ1v) is 13.8. The Labute approximate surface area is 235 Å². The second-order valence-corrected chi connectivity index (χ2v) is 10.6. The van der Waals surface area contributed by atoms with Crippen LogP contribution in [0.15, 0.2) is 93.9 Å². The summed E-state index contributed by atoms with van der Waals surface area (Å²) in [4.78, 5) is 32.1. The van der Waals surface area contributed by atoms with Gasteiger partial charge in [-0.1, -0.05) is 83.1 Å². The molecular weight excluding hydrogens is 532 g/mol. The first-order chi connectivity index (χ1) is 18.9. The summed E-state index contributed by atoms with van der Waals surface area (Å²) in [6.07, 6.45) is 1.82. The Morgan fingerprint density at radius 3 is 2.49 bits per heavy atom. The normalized spacial score (nSPS) is 15.1. The lowest BCUT2D eigenvalue weighted by atomic mass is 9.95. The molecule has 0 amide bonds. The highest BCUT2D eigenvalue weighted by molar-refractivity contribution is 7.07. The molecule has 1 atom stereocenters. The van der Waals surface area contributed by atoms with Gasteiger partial charge in [-0.05, 0) is 56.2 Å². The van der Waals surface area contributed by atoms with Crippen LogP contribution in [0.5, 0.6) is 5.75 Å². The van der Waals surface area contributed by atoms with Crippen LogP contribution in [0, 0.1) is 6.92 Å². The molecular formula is C31H27ClN2O4S. The van der Waals surface area contributed by atoms with Gasteiger partial charge in [-0.3, -0.25) is 9.36 Å². The van der Waals surface area contributed by atoms with Crippen molar-refractivity contribution in [2.45, 2.75) is 33.4 Å². The van der Waals surface area contributed by atoms with E-state index in [4.69, 9.17) is 21.1 Å². The Hall–Kier alpha value is -3.94. The number of halogens is 1. The van der Waals surface area contributed by atoms with Gasteiger partial charge in [0.1, 0.15) is 12.4 Å². The quantitative estimate of drug-likeness (QED) is 0.287. The number of para-hydroxylation sites is 1. The maximum atomic E-state index is 13.9. The molecule has 3 aromatic carbocycles. The summed E-state index contributed by atoms with van der Waals surface area (Å²) in [6.45, 7) is 6.13. The van der Waals surface area contributed by atoms with E-state index in [1.807, 2.05) is 85.8 Å². The molecule has 0 aliphatic carbocycles. The first-order valence-electron chi connectivity index (χ1n) is 12.6. The van der Waals surface area contributed by atoms with Crippen molar-refractivity contribution in [3.05, 3.63) is 131 Å². The minimum absolute atomic E-state index is 0.230. The van der Waals surface area contributed by atoms with Crippen molar-refractivity contribution in [3.8, 4) is 5.75 Å². The molecule has 5 rings (SSSR count). The molecule has 198 valence electrons. The van der Waals surface area contributed by atoms with E-state index in [0.717, 1.165) is 22.3 Å². The van der Waals surface area contributed by atoms with E-state index in [9.17, 15) is 9.59 Å². The van der Waals surface area contributed by atoms with Crippen LogP contribution in [0.25, 0.3) is 6.08 Å². The van der Waals surface area contributed by atoms with E-state index >= 15 is 0 Å². The average molecular weight is 559 g/mol. The molecule has 0 saturated carbocycles. The maximum absolute atomic E-state index is 13.9. The zero-order valence-corrected chi connectivity index (χ0v) is 23.4. The summed E-state index contributed by atoms with van der Waals surface area (Å²) >= 11 is 7.28. The number of hydrogen-bond acceptors (Lipinski definition) is 6. The van der Waals surface area contributed by atoms with Crippen LogP contribution in [-0.4, -0.2) is 17.1 Å². The Kier molecular flexibility index (Phi) is 7.82. The number of nitrogens with zero attached hydrogens (tertiary/aromatic N) is 2. The third-order valence-electron chi connectivity index (χ3n) is 6.42. The van der Waals surface area contributed by atoms with Gasteiger partial charge in [-0.25, -0.2) is 9.79 Å². The summed E-state index contributed by atoms with van der Waals surface area (Å²) in [5, 5.41) is 0.666. The lowest BCUT2D eigenvalue weighted by Crippen LogP contribution is -2.39. The van der Waals surface area contributed by atoms with E-state index in [1.165, 1.54) is 11.3 Å². The van der Waals surface area contributed by atoms with Crippen LogP contribution in [0.4, 0.5) is 0 Å². The van der Waals surface area contributed by atoms with Gasteiger partial charge in [0, 0.05) is 10.6 Å². The number of carbonyl (C=O) groups excluding carboxylic acids is 1. The van der Waals surface area contributed by atoms with E-state index in [-0.39, 0.29) is 12.2 Å². The van der Waals surface area contributed by atoms with Gasteiger partial charge in [0.15, 0.2) is 4.80 Å². The van der Waals surface area contributed by atoms with E-state index in [2.05, 4.69) is 4.99 Å². The summed E-state index contributed by atoms with van der Waals surface area (Å²) in [6, 6.07) is 22.2. The minimum atomic E-state index is -0.639. The van der Waals surface area contributed by atoms with Crippen LogP contribution in [0.3, 0.4) is 0 Å². The minimum Gasteiger partial charge on any atom is -0.488 e. The highest BCUT2D eigenvalue weighted by Crippen LogP contribution is 2.31. The summed E-state index contributed by atoms with van der Waals surface area (Å²) < 4.78 is 13.6. The Morgan fingerprint density at radius 1 is 1.05 bits per heavy atom. The number of rotatable bonds is 7. The molecule has 0 saturated heterocycles. The fourth-order valence-corrected chi connectivity index (χ4v) is 5.63. The number of benzene rings is 3. The topological polar surface area (TPSA) is 69.9 Å². The van der Waals surface area contributed by atoms with Crippen molar-refractivity contribution < 1.29 is 14.3 Å². The Morgan fingerprint density at radius 2 is 1.77 bits per heavy atom. The SMILES string of the molecule is CCOC(=O)C1=C(C)N=c2s/c(=C\c3ccccc3OCc3ccc(Cl)cc3)c(=O)n2[C@H]1c1ccc(C)cc1. The number of aryl methyl sites for hydroxylation is 1. The fraction of sp³-hybridized carbons (Fsp3) is 0.194. The molecule has 8 heteroatoms.